The van der Waals surface area contributed by atoms with Crippen molar-refractivity contribution in [3.8, 4) is 0 Å². The summed E-state index contributed by atoms with van der Waals surface area (Å²) in [5, 5.41) is 22.8. The minimum absolute atomic E-state index is 0.0216. The summed E-state index contributed by atoms with van der Waals surface area (Å²) in [6, 6.07) is 13.3. The molecule has 1 atom stereocenters. The molecule has 1 amide bonds. The van der Waals surface area contributed by atoms with Gasteiger partial charge < -0.3 is 15.5 Å². The van der Waals surface area contributed by atoms with Crippen LogP contribution in [-0.4, -0.2) is 47.8 Å². The molecule has 9 heteroatoms. The van der Waals surface area contributed by atoms with Crippen LogP contribution in [0.15, 0.2) is 59.5 Å². The van der Waals surface area contributed by atoms with Gasteiger partial charge in [0.1, 0.15) is 11.5 Å². The van der Waals surface area contributed by atoms with Crippen LogP contribution in [0.5, 0.6) is 0 Å². The largest absolute Gasteiger partial charge is 0.465 e. The molecule has 3 N–H and O–H groups in total. The number of amides is 1. The fourth-order valence-corrected chi connectivity index (χ4v) is 4.94. The molecule has 2 rings (SSSR count). The Balaban J connectivity index is 2.50. The van der Waals surface area contributed by atoms with Crippen molar-refractivity contribution in [3.63, 3.8) is 0 Å². The molecule has 0 aliphatic carbocycles. The van der Waals surface area contributed by atoms with Crippen LogP contribution in [0.3, 0.4) is 0 Å². The Labute approximate surface area is 182 Å². The summed E-state index contributed by atoms with van der Waals surface area (Å²) < 4.78 is 41.4. The van der Waals surface area contributed by atoms with Crippen LogP contribution < -0.4 is 5.32 Å². The lowest BCUT2D eigenvalue weighted by molar-refractivity contribution is -0.0675. The zero-order valence-electron chi connectivity index (χ0n) is 17.7. The highest BCUT2D eigenvalue weighted by molar-refractivity contribution is 7.89. The monoisotopic (exact) mass is 452 g/mol. The molecule has 0 spiro atoms. The van der Waals surface area contributed by atoms with Gasteiger partial charge in [0.05, 0.1) is 4.90 Å². The summed E-state index contributed by atoms with van der Waals surface area (Å²) in [7, 11) is -4.20. The van der Waals surface area contributed by atoms with Crippen LogP contribution in [-0.2, 0) is 16.4 Å². The predicted molar refractivity (Wildman–Crippen MR) is 115 cm³/mol. The van der Waals surface area contributed by atoms with E-state index in [4.69, 9.17) is 5.11 Å². The first kappa shape index (κ1) is 24.8. The second kappa shape index (κ2) is 10.7. The number of benzene rings is 2. The molecule has 0 aliphatic heterocycles. The number of carboxylic acid groups (broad SMARTS) is 1. The fraction of sp³-hybridized carbons (Fsp3) is 0.409. The Bertz CT molecular complexity index is 952. The number of carbonyl (C=O) groups is 1. The number of aliphatic hydroxyl groups is 1. The molecule has 0 aliphatic rings. The SMILES string of the molecule is CC(C)CCN(C(O)(CCNC(=O)O)Cc1ccccc1)S(=O)(=O)c1ccc(F)cc1. The Kier molecular flexibility index (Phi) is 8.55. The molecule has 7 nitrogen and oxygen atoms in total. The summed E-state index contributed by atoms with van der Waals surface area (Å²) in [4.78, 5) is 10.8. The third kappa shape index (κ3) is 7.02. The highest BCUT2D eigenvalue weighted by atomic mass is 32.2. The molecule has 0 fully saturated rings. The third-order valence-electron chi connectivity index (χ3n) is 4.91. The topological polar surface area (TPSA) is 107 Å². The third-order valence-corrected chi connectivity index (χ3v) is 6.88. The number of hydrogen-bond acceptors (Lipinski definition) is 4. The van der Waals surface area contributed by atoms with Crippen LogP contribution in [0.2, 0.25) is 0 Å². The number of nitrogens with zero attached hydrogens (tertiary/aromatic N) is 1. The zero-order chi connectivity index (χ0) is 23.1. The first-order valence-electron chi connectivity index (χ1n) is 10.1. The lowest BCUT2D eigenvalue weighted by Gasteiger charge is -2.39. The van der Waals surface area contributed by atoms with Crippen molar-refractivity contribution < 1.29 is 27.8 Å². The molecule has 31 heavy (non-hydrogen) atoms. The fourth-order valence-electron chi connectivity index (χ4n) is 3.25. The molecular weight excluding hydrogens is 423 g/mol. The van der Waals surface area contributed by atoms with Gasteiger partial charge in [0.15, 0.2) is 0 Å². The van der Waals surface area contributed by atoms with E-state index in [1.165, 1.54) is 0 Å². The minimum Gasteiger partial charge on any atom is -0.465 e. The second-order valence-electron chi connectivity index (χ2n) is 7.84. The van der Waals surface area contributed by atoms with E-state index in [9.17, 15) is 22.7 Å². The second-order valence-corrected chi connectivity index (χ2v) is 9.70. The lowest BCUT2D eigenvalue weighted by Crippen LogP contribution is -2.55. The van der Waals surface area contributed by atoms with Crippen LogP contribution >= 0.6 is 0 Å². The van der Waals surface area contributed by atoms with E-state index in [0.29, 0.717) is 12.0 Å². The summed E-state index contributed by atoms with van der Waals surface area (Å²) in [6.07, 6.45) is -0.984. The highest BCUT2D eigenvalue weighted by Gasteiger charge is 2.42. The van der Waals surface area contributed by atoms with Gasteiger partial charge in [0.2, 0.25) is 10.0 Å². The van der Waals surface area contributed by atoms with Crippen molar-refractivity contribution in [2.75, 3.05) is 13.1 Å². The van der Waals surface area contributed by atoms with Crippen LogP contribution in [0.25, 0.3) is 0 Å². The lowest BCUT2D eigenvalue weighted by atomic mass is 9.98. The van der Waals surface area contributed by atoms with Crippen molar-refractivity contribution in [1.82, 2.24) is 9.62 Å². The summed E-state index contributed by atoms with van der Waals surface area (Å²) in [5.74, 6) is -0.415. The maximum Gasteiger partial charge on any atom is 0.404 e. The molecule has 0 aromatic heterocycles. The Morgan fingerprint density at radius 2 is 1.74 bits per heavy atom. The normalized spacial score (nSPS) is 13.9. The minimum atomic E-state index is -4.20. The standard InChI is InChI=1S/C22H29FN2O5S/c1-17(2)12-15-25(31(29,30)20-10-8-19(23)9-11-20)22(28,13-14-24-21(26)27)16-18-6-4-3-5-7-18/h3-11,17,24,28H,12-16H2,1-2H3,(H,26,27). The number of nitrogens with one attached hydrogen (secondary N) is 1. The summed E-state index contributed by atoms with van der Waals surface area (Å²) >= 11 is 0. The smallest absolute Gasteiger partial charge is 0.404 e. The average Bonchev–Trinajstić information content (AvgIpc) is 2.68. The van der Waals surface area contributed by atoms with E-state index in [-0.39, 0.29) is 36.7 Å². The first-order chi connectivity index (χ1) is 14.5. The number of sulfonamides is 1. The van der Waals surface area contributed by atoms with E-state index >= 15 is 0 Å². The van der Waals surface area contributed by atoms with Gasteiger partial charge in [-0.25, -0.2) is 17.6 Å². The van der Waals surface area contributed by atoms with Gasteiger partial charge >= 0.3 is 6.09 Å². The summed E-state index contributed by atoms with van der Waals surface area (Å²) in [5.41, 5.74) is -1.20. The van der Waals surface area contributed by atoms with Crippen molar-refractivity contribution >= 4 is 16.1 Å². The molecule has 0 saturated heterocycles. The van der Waals surface area contributed by atoms with Gasteiger partial charge in [-0.3, -0.25) is 0 Å². The quantitative estimate of drug-likeness (QED) is 0.453. The van der Waals surface area contributed by atoms with E-state index in [1.807, 2.05) is 13.8 Å². The Morgan fingerprint density at radius 1 is 1.13 bits per heavy atom. The van der Waals surface area contributed by atoms with Gasteiger partial charge in [0, 0.05) is 25.9 Å². The van der Waals surface area contributed by atoms with Crippen molar-refractivity contribution in [3.05, 3.63) is 66.0 Å². The molecular formula is C22H29FN2O5S. The van der Waals surface area contributed by atoms with Crippen molar-refractivity contribution in [2.45, 2.75) is 43.7 Å². The van der Waals surface area contributed by atoms with Gasteiger partial charge in [-0.15, -0.1) is 0 Å². The molecule has 2 aromatic rings. The van der Waals surface area contributed by atoms with Gasteiger partial charge in [0.25, 0.3) is 0 Å². The maximum absolute atomic E-state index is 13.5. The molecule has 0 saturated carbocycles. The van der Waals surface area contributed by atoms with E-state index < -0.39 is 27.7 Å². The predicted octanol–water partition coefficient (Wildman–Crippen LogP) is 3.45. The molecule has 0 heterocycles. The molecule has 0 radical (unpaired) electrons. The van der Waals surface area contributed by atoms with Crippen LogP contribution in [0, 0.1) is 11.7 Å². The molecule has 0 bridgehead atoms. The molecule has 1 unspecified atom stereocenters. The van der Waals surface area contributed by atoms with Crippen LogP contribution in [0.1, 0.15) is 32.3 Å². The van der Waals surface area contributed by atoms with Crippen molar-refractivity contribution in [2.24, 2.45) is 5.92 Å². The van der Waals surface area contributed by atoms with Crippen LogP contribution in [0.4, 0.5) is 9.18 Å². The van der Waals surface area contributed by atoms with Crippen molar-refractivity contribution in [1.29, 1.82) is 0 Å². The Morgan fingerprint density at radius 3 is 2.29 bits per heavy atom. The summed E-state index contributed by atoms with van der Waals surface area (Å²) in [6.45, 7) is 3.75. The number of hydrogen-bond donors (Lipinski definition) is 3. The number of rotatable bonds is 11. The van der Waals surface area contributed by atoms with E-state index in [1.54, 1.807) is 30.3 Å². The molecule has 170 valence electrons. The highest BCUT2D eigenvalue weighted by Crippen LogP contribution is 2.30. The van der Waals surface area contributed by atoms with E-state index in [0.717, 1.165) is 28.6 Å². The Hall–Kier alpha value is -2.49. The maximum atomic E-state index is 13.5. The van der Waals surface area contributed by atoms with Gasteiger partial charge in [-0.2, -0.15) is 4.31 Å². The first-order valence-corrected chi connectivity index (χ1v) is 11.5. The average molecular weight is 453 g/mol. The van der Waals surface area contributed by atoms with Gasteiger partial charge in [-0.05, 0) is 42.2 Å². The van der Waals surface area contributed by atoms with Gasteiger partial charge in [-0.1, -0.05) is 44.2 Å². The number of halogens is 1. The van der Waals surface area contributed by atoms with E-state index in [2.05, 4.69) is 5.32 Å². The zero-order valence-corrected chi connectivity index (χ0v) is 18.5. The molecule has 2 aromatic carbocycles.